The Morgan fingerprint density at radius 2 is 1.65 bits per heavy atom. The number of hydrogen-bond donors (Lipinski definition) is 1. The van der Waals surface area contributed by atoms with Crippen molar-refractivity contribution in [1.29, 1.82) is 0 Å². The second kappa shape index (κ2) is 6.20. The molecule has 0 radical (unpaired) electrons. The minimum Gasteiger partial charge on any atom is -0.365 e. The monoisotopic (exact) mass is 255 g/mol. The van der Waals surface area contributed by atoms with Crippen molar-refractivity contribution in [1.82, 2.24) is 9.97 Å². The Bertz CT molecular complexity index is 377. The van der Waals surface area contributed by atoms with Crippen LogP contribution in [0.15, 0.2) is 0 Å². The number of nitrogens with one attached hydrogen (secondary N) is 1. The molecule has 0 bridgehead atoms. The molecule has 0 aliphatic heterocycles. The maximum Gasteiger partial charge on any atom is 0.171 e. The lowest BCUT2D eigenvalue weighted by molar-refractivity contribution is 0.527. The van der Waals surface area contributed by atoms with Gasteiger partial charge in [0.15, 0.2) is 11.0 Å². The average molecular weight is 256 g/mol. The minimum absolute atomic E-state index is 0.367. The summed E-state index contributed by atoms with van der Waals surface area (Å²) >= 11 is 6.07. The number of halogens is 1. The maximum atomic E-state index is 6.07. The Kier molecular flexibility index (Phi) is 5.19. The van der Waals surface area contributed by atoms with Crippen LogP contribution in [0.2, 0.25) is 5.15 Å². The highest BCUT2D eigenvalue weighted by molar-refractivity contribution is 6.31. The lowest BCUT2D eigenvalue weighted by Crippen LogP contribution is -2.18. The van der Waals surface area contributed by atoms with Crippen molar-refractivity contribution in [3.05, 3.63) is 16.5 Å². The molecule has 0 spiro atoms. The zero-order valence-electron chi connectivity index (χ0n) is 11.3. The smallest absolute Gasteiger partial charge is 0.171 e. The van der Waals surface area contributed by atoms with Crippen LogP contribution in [0.1, 0.15) is 45.0 Å². The lowest BCUT2D eigenvalue weighted by Gasteiger charge is -2.16. The normalized spacial score (nSPS) is 12.9. The molecule has 0 fully saturated rings. The van der Waals surface area contributed by atoms with Crippen molar-refractivity contribution in [2.24, 2.45) is 5.92 Å². The van der Waals surface area contributed by atoms with E-state index in [0.29, 0.717) is 17.0 Å². The molecule has 0 aromatic carbocycles. The SMILES string of the molecule is Cc1nc(Cl)c(NC(C)CCC(C)C)nc1C. The first-order chi connectivity index (χ1) is 7.90. The quantitative estimate of drug-likeness (QED) is 0.865. The number of hydrogen-bond acceptors (Lipinski definition) is 3. The van der Waals surface area contributed by atoms with E-state index in [1.54, 1.807) is 0 Å². The predicted octanol–water partition coefficient (Wildman–Crippen LogP) is 3.98. The summed E-state index contributed by atoms with van der Waals surface area (Å²) < 4.78 is 0. The van der Waals surface area contributed by atoms with Gasteiger partial charge in [0.1, 0.15) is 0 Å². The van der Waals surface area contributed by atoms with E-state index in [-0.39, 0.29) is 0 Å². The van der Waals surface area contributed by atoms with Crippen LogP contribution in [0.25, 0.3) is 0 Å². The van der Waals surface area contributed by atoms with Gasteiger partial charge in [-0.3, -0.25) is 0 Å². The maximum absolute atomic E-state index is 6.07. The molecule has 0 aliphatic carbocycles. The fraction of sp³-hybridized carbons (Fsp3) is 0.692. The van der Waals surface area contributed by atoms with E-state index in [0.717, 1.165) is 23.7 Å². The standard InChI is InChI=1S/C13H22ClN3/c1-8(2)6-7-9(3)15-13-12(14)16-10(4)11(5)17-13/h8-9H,6-7H2,1-5H3,(H,15,17). The van der Waals surface area contributed by atoms with Crippen molar-refractivity contribution < 1.29 is 0 Å². The van der Waals surface area contributed by atoms with Crippen LogP contribution < -0.4 is 5.32 Å². The summed E-state index contributed by atoms with van der Waals surface area (Å²) in [5, 5.41) is 3.79. The van der Waals surface area contributed by atoms with Crippen molar-refractivity contribution in [2.45, 2.75) is 53.5 Å². The lowest BCUT2D eigenvalue weighted by atomic mass is 10.0. The van der Waals surface area contributed by atoms with Crippen LogP contribution in [0.4, 0.5) is 5.82 Å². The first kappa shape index (κ1) is 14.2. The highest BCUT2D eigenvalue weighted by Gasteiger charge is 2.10. The van der Waals surface area contributed by atoms with Gasteiger partial charge >= 0.3 is 0 Å². The van der Waals surface area contributed by atoms with Crippen LogP contribution in [0, 0.1) is 19.8 Å². The third kappa shape index (κ3) is 4.50. The Balaban J connectivity index is 2.65. The molecule has 96 valence electrons. The van der Waals surface area contributed by atoms with Gasteiger partial charge in [0.2, 0.25) is 0 Å². The van der Waals surface area contributed by atoms with Crippen molar-refractivity contribution in [3.8, 4) is 0 Å². The molecule has 1 unspecified atom stereocenters. The molecule has 1 N–H and O–H groups in total. The van der Waals surface area contributed by atoms with Gasteiger partial charge in [-0.15, -0.1) is 0 Å². The van der Waals surface area contributed by atoms with Crippen LogP contribution in [-0.4, -0.2) is 16.0 Å². The summed E-state index contributed by atoms with van der Waals surface area (Å²) in [7, 11) is 0. The van der Waals surface area contributed by atoms with E-state index < -0.39 is 0 Å². The zero-order valence-corrected chi connectivity index (χ0v) is 12.1. The van der Waals surface area contributed by atoms with E-state index in [2.05, 4.69) is 36.1 Å². The Morgan fingerprint density at radius 1 is 1.06 bits per heavy atom. The summed E-state index contributed by atoms with van der Waals surface area (Å²) in [5.41, 5.74) is 1.81. The zero-order chi connectivity index (χ0) is 13.0. The van der Waals surface area contributed by atoms with Crippen LogP contribution in [-0.2, 0) is 0 Å². The number of aromatic nitrogens is 2. The third-order valence-electron chi connectivity index (χ3n) is 2.82. The van der Waals surface area contributed by atoms with E-state index in [1.807, 2.05) is 13.8 Å². The van der Waals surface area contributed by atoms with Crippen LogP contribution >= 0.6 is 11.6 Å². The fourth-order valence-corrected chi connectivity index (χ4v) is 1.78. The molecular formula is C13H22ClN3. The molecule has 0 saturated carbocycles. The third-order valence-corrected chi connectivity index (χ3v) is 3.09. The molecule has 1 rings (SSSR count). The van der Waals surface area contributed by atoms with Gasteiger partial charge in [0.05, 0.1) is 11.4 Å². The molecule has 0 aliphatic rings. The average Bonchev–Trinajstić information content (AvgIpc) is 2.23. The van der Waals surface area contributed by atoms with Crippen molar-refractivity contribution in [3.63, 3.8) is 0 Å². The van der Waals surface area contributed by atoms with E-state index >= 15 is 0 Å². The molecule has 1 aromatic rings. The first-order valence-electron chi connectivity index (χ1n) is 6.17. The Hall–Kier alpha value is -0.830. The second-order valence-corrected chi connectivity index (χ2v) is 5.41. The highest BCUT2D eigenvalue weighted by Crippen LogP contribution is 2.20. The molecule has 0 amide bonds. The summed E-state index contributed by atoms with van der Waals surface area (Å²) in [6, 6.07) is 0.367. The van der Waals surface area contributed by atoms with Crippen molar-refractivity contribution in [2.75, 3.05) is 5.32 Å². The molecular weight excluding hydrogens is 234 g/mol. The Morgan fingerprint density at radius 3 is 2.24 bits per heavy atom. The Labute approximate surface area is 109 Å². The van der Waals surface area contributed by atoms with Gasteiger partial charge in [-0.05, 0) is 39.5 Å². The molecule has 4 heteroatoms. The number of nitrogens with zero attached hydrogens (tertiary/aromatic N) is 2. The largest absolute Gasteiger partial charge is 0.365 e. The predicted molar refractivity (Wildman–Crippen MR) is 73.7 cm³/mol. The van der Waals surface area contributed by atoms with Crippen molar-refractivity contribution >= 4 is 17.4 Å². The van der Waals surface area contributed by atoms with E-state index in [1.165, 1.54) is 6.42 Å². The highest BCUT2D eigenvalue weighted by atomic mass is 35.5. The minimum atomic E-state index is 0.367. The molecule has 1 atom stereocenters. The number of anilines is 1. The summed E-state index contributed by atoms with van der Waals surface area (Å²) in [6.45, 7) is 10.5. The van der Waals surface area contributed by atoms with Gasteiger partial charge in [-0.1, -0.05) is 25.4 Å². The first-order valence-corrected chi connectivity index (χ1v) is 6.55. The summed E-state index contributed by atoms with van der Waals surface area (Å²) in [6.07, 6.45) is 2.31. The van der Waals surface area contributed by atoms with E-state index in [9.17, 15) is 0 Å². The molecule has 0 saturated heterocycles. The van der Waals surface area contributed by atoms with Gasteiger partial charge in [0, 0.05) is 6.04 Å². The molecule has 1 heterocycles. The van der Waals surface area contributed by atoms with Gasteiger partial charge in [0.25, 0.3) is 0 Å². The number of rotatable bonds is 5. The summed E-state index contributed by atoms with van der Waals surface area (Å²) in [5.74, 6) is 1.42. The van der Waals surface area contributed by atoms with Crippen LogP contribution in [0.5, 0.6) is 0 Å². The second-order valence-electron chi connectivity index (χ2n) is 5.05. The van der Waals surface area contributed by atoms with Gasteiger partial charge < -0.3 is 5.32 Å². The number of aryl methyl sites for hydroxylation is 2. The van der Waals surface area contributed by atoms with E-state index in [4.69, 9.17) is 11.6 Å². The molecule has 3 nitrogen and oxygen atoms in total. The topological polar surface area (TPSA) is 37.8 Å². The molecule has 1 aromatic heterocycles. The summed E-state index contributed by atoms with van der Waals surface area (Å²) in [4.78, 5) is 8.70. The van der Waals surface area contributed by atoms with Crippen LogP contribution in [0.3, 0.4) is 0 Å². The van der Waals surface area contributed by atoms with Gasteiger partial charge in [-0.2, -0.15) is 0 Å². The molecule has 17 heavy (non-hydrogen) atoms. The van der Waals surface area contributed by atoms with Gasteiger partial charge in [-0.25, -0.2) is 9.97 Å². The fourth-order valence-electron chi connectivity index (χ4n) is 1.56.